The van der Waals surface area contributed by atoms with Crippen molar-refractivity contribution in [1.29, 1.82) is 0 Å². The summed E-state index contributed by atoms with van der Waals surface area (Å²) in [6.45, 7) is -0.332. The SMILES string of the molecule is CC1OC(OC2C(O)C(OCCc3ccc(O)c(O)c3)OC(COC3OC(COC(=O)C=Cc4ccc(O)c(O)c4)C(O)C(O)C3O)C2OC(=O)C=Cc2ccc(O)c(O)c2)C(O)C(O)C1O. The van der Waals surface area contributed by atoms with Gasteiger partial charge in [-0.2, -0.15) is 0 Å². The van der Waals surface area contributed by atoms with Crippen molar-refractivity contribution in [2.24, 2.45) is 0 Å². The molecule has 23 nitrogen and oxygen atoms in total. The lowest BCUT2D eigenvalue weighted by Crippen LogP contribution is -2.65. The monoisotopic (exact) mass is 948 g/mol. The second-order valence-electron chi connectivity index (χ2n) is 15.8. The number of benzene rings is 3. The van der Waals surface area contributed by atoms with Crippen LogP contribution in [0.4, 0.5) is 0 Å². The molecule has 0 amide bonds. The Morgan fingerprint density at radius 3 is 1.69 bits per heavy atom. The Kier molecular flexibility index (Phi) is 17.0. The molecular weight excluding hydrogens is 896 g/mol. The maximum Gasteiger partial charge on any atom is 0.331 e. The molecule has 3 aliphatic rings. The number of hydrogen-bond donors (Lipinski definition) is 13. The summed E-state index contributed by atoms with van der Waals surface area (Å²) in [5, 5.41) is 135. The van der Waals surface area contributed by atoms with Gasteiger partial charge in [0, 0.05) is 12.2 Å². The smallest absolute Gasteiger partial charge is 0.331 e. The highest BCUT2D eigenvalue weighted by Crippen LogP contribution is 2.34. The van der Waals surface area contributed by atoms with Crippen molar-refractivity contribution in [2.75, 3.05) is 19.8 Å². The van der Waals surface area contributed by atoms with Crippen LogP contribution in [0, 0.1) is 0 Å². The van der Waals surface area contributed by atoms with Crippen LogP contribution in [-0.4, -0.2) is 190 Å². The Balaban J connectivity index is 1.24. The number of aliphatic hydroxyl groups excluding tert-OH is 7. The number of phenolic OH excluding ortho intramolecular Hbond substituents is 6. The first-order valence-electron chi connectivity index (χ1n) is 20.7. The molecular formula is C44H52O23. The van der Waals surface area contributed by atoms with E-state index in [-0.39, 0.29) is 30.1 Å². The summed E-state index contributed by atoms with van der Waals surface area (Å²) in [5.41, 5.74) is 1.02. The molecule has 3 heterocycles. The van der Waals surface area contributed by atoms with Gasteiger partial charge in [0.25, 0.3) is 0 Å². The van der Waals surface area contributed by atoms with Crippen LogP contribution in [0.5, 0.6) is 34.5 Å². The van der Waals surface area contributed by atoms with Crippen molar-refractivity contribution < 1.29 is 114 Å². The highest BCUT2D eigenvalue weighted by atomic mass is 16.8. The van der Waals surface area contributed by atoms with Crippen molar-refractivity contribution in [1.82, 2.24) is 0 Å². The molecule has 0 bridgehead atoms. The zero-order valence-corrected chi connectivity index (χ0v) is 35.4. The van der Waals surface area contributed by atoms with Gasteiger partial charge in [0.2, 0.25) is 0 Å². The summed E-state index contributed by atoms with van der Waals surface area (Å²) in [7, 11) is 0. The molecule has 15 unspecified atom stereocenters. The molecule has 3 saturated heterocycles. The van der Waals surface area contributed by atoms with Crippen LogP contribution in [0.25, 0.3) is 12.2 Å². The Bertz CT molecular complexity index is 2220. The molecule has 67 heavy (non-hydrogen) atoms. The van der Waals surface area contributed by atoms with E-state index in [1.54, 1.807) is 0 Å². The van der Waals surface area contributed by atoms with Crippen LogP contribution in [-0.2, 0) is 53.9 Å². The van der Waals surface area contributed by atoms with Gasteiger partial charge in [-0.25, -0.2) is 9.59 Å². The van der Waals surface area contributed by atoms with Crippen molar-refractivity contribution in [2.45, 2.75) is 105 Å². The molecule has 3 aromatic rings. The fourth-order valence-corrected chi connectivity index (χ4v) is 7.15. The van der Waals surface area contributed by atoms with Crippen LogP contribution >= 0.6 is 0 Å². The molecule has 3 aromatic carbocycles. The summed E-state index contributed by atoms with van der Waals surface area (Å²) in [4.78, 5) is 26.0. The third-order valence-corrected chi connectivity index (χ3v) is 11.0. The van der Waals surface area contributed by atoms with E-state index in [1.165, 1.54) is 61.5 Å². The number of rotatable bonds is 16. The molecule has 366 valence electrons. The van der Waals surface area contributed by atoms with E-state index < -0.39 is 140 Å². The zero-order chi connectivity index (χ0) is 48.7. The number of aromatic hydroxyl groups is 6. The van der Waals surface area contributed by atoms with Gasteiger partial charge in [0.1, 0.15) is 67.6 Å². The zero-order valence-electron chi connectivity index (χ0n) is 35.4. The van der Waals surface area contributed by atoms with Gasteiger partial charge in [-0.05, 0) is 78.6 Å². The summed E-state index contributed by atoms with van der Waals surface area (Å²) in [6.07, 6.45) is -21.7. The number of carbonyl (C=O) groups excluding carboxylic acids is 2. The van der Waals surface area contributed by atoms with Gasteiger partial charge in [-0.3, -0.25) is 0 Å². The largest absolute Gasteiger partial charge is 0.504 e. The van der Waals surface area contributed by atoms with E-state index in [0.717, 1.165) is 24.3 Å². The molecule has 0 aliphatic carbocycles. The molecule has 0 radical (unpaired) electrons. The number of ether oxygens (including phenoxy) is 8. The van der Waals surface area contributed by atoms with E-state index in [4.69, 9.17) is 37.9 Å². The van der Waals surface area contributed by atoms with E-state index in [2.05, 4.69) is 0 Å². The van der Waals surface area contributed by atoms with E-state index in [1.807, 2.05) is 0 Å². The average Bonchev–Trinajstić information content (AvgIpc) is 3.30. The molecule has 0 aromatic heterocycles. The molecule has 23 heteroatoms. The summed E-state index contributed by atoms with van der Waals surface area (Å²) < 4.78 is 46.1. The quantitative estimate of drug-likeness (QED) is 0.0441. The predicted octanol–water partition coefficient (Wildman–Crippen LogP) is -1.52. The van der Waals surface area contributed by atoms with Crippen LogP contribution in [0.15, 0.2) is 66.7 Å². The normalized spacial score (nSPS) is 32.3. The van der Waals surface area contributed by atoms with Crippen LogP contribution in [0.3, 0.4) is 0 Å². The second kappa shape index (κ2) is 22.4. The molecule has 0 saturated carbocycles. The van der Waals surface area contributed by atoms with Gasteiger partial charge in [-0.1, -0.05) is 18.2 Å². The molecule has 13 N–H and O–H groups in total. The predicted molar refractivity (Wildman–Crippen MR) is 222 cm³/mol. The van der Waals surface area contributed by atoms with Crippen molar-refractivity contribution >= 4 is 24.1 Å². The lowest BCUT2D eigenvalue weighted by atomic mass is 9.96. The average molecular weight is 949 g/mol. The number of hydrogen-bond acceptors (Lipinski definition) is 23. The van der Waals surface area contributed by atoms with Crippen molar-refractivity contribution in [3.63, 3.8) is 0 Å². The first-order valence-corrected chi connectivity index (χ1v) is 20.7. The topological polar surface area (TPSA) is 371 Å². The number of carbonyl (C=O) groups is 2. The second-order valence-corrected chi connectivity index (χ2v) is 15.8. The van der Waals surface area contributed by atoms with Crippen molar-refractivity contribution in [3.05, 3.63) is 83.4 Å². The fraction of sp³-hybridized carbons (Fsp3) is 0.455. The Morgan fingerprint density at radius 1 is 0.537 bits per heavy atom. The van der Waals surface area contributed by atoms with Crippen LogP contribution in [0.1, 0.15) is 23.6 Å². The molecule has 3 fully saturated rings. The summed E-state index contributed by atoms with van der Waals surface area (Å²) in [6, 6.07) is 11.4. The van der Waals surface area contributed by atoms with E-state index >= 15 is 0 Å². The minimum absolute atomic E-state index is 0.0691. The number of phenols is 6. The minimum Gasteiger partial charge on any atom is -0.504 e. The van der Waals surface area contributed by atoms with Gasteiger partial charge in [0.05, 0.1) is 19.3 Å². The van der Waals surface area contributed by atoms with E-state index in [9.17, 15) is 76.0 Å². The number of esters is 2. The van der Waals surface area contributed by atoms with Crippen LogP contribution < -0.4 is 0 Å². The minimum atomic E-state index is -1.97. The maximum atomic E-state index is 13.5. The van der Waals surface area contributed by atoms with Gasteiger partial charge in [0.15, 0.2) is 59.5 Å². The molecule has 15 atom stereocenters. The first kappa shape index (κ1) is 50.8. The van der Waals surface area contributed by atoms with Gasteiger partial charge >= 0.3 is 11.9 Å². The fourth-order valence-electron chi connectivity index (χ4n) is 7.15. The maximum absolute atomic E-state index is 13.5. The summed E-state index contributed by atoms with van der Waals surface area (Å²) in [5.74, 6) is -4.64. The highest BCUT2D eigenvalue weighted by Gasteiger charge is 2.53. The molecule has 6 rings (SSSR count). The van der Waals surface area contributed by atoms with Crippen LogP contribution in [0.2, 0.25) is 0 Å². The lowest BCUT2D eigenvalue weighted by molar-refractivity contribution is -0.364. The highest BCUT2D eigenvalue weighted by molar-refractivity contribution is 5.88. The third-order valence-electron chi connectivity index (χ3n) is 11.0. The van der Waals surface area contributed by atoms with Gasteiger partial charge in [-0.15, -0.1) is 0 Å². The Hall–Kier alpha value is -5.64. The molecule has 3 aliphatic heterocycles. The number of aliphatic hydroxyl groups is 7. The third kappa shape index (κ3) is 12.7. The molecule has 0 spiro atoms. The van der Waals surface area contributed by atoms with Gasteiger partial charge < -0.3 is 104 Å². The Labute approximate surface area is 380 Å². The first-order chi connectivity index (χ1) is 31.8. The summed E-state index contributed by atoms with van der Waals surface area (Å²) >= 11 is 0. The Morgan fingerprint density at radius 2 is 1.07 bits per heavy atom. The lowest BCUT2D eigenvalue weighted by Gasteiger charge is -2.47. The standard InChI is InChI=1S/C44H52O23/c1-19-33(53)35(55)38(58)44(63-19)67-41-39(59)43(60-13-12-22-4-9-25(47)28(50)16-22)65-30(40(41)66-32(52)11-6-21-3-8-24(46)27(49)15-21)18-62-42-37(57)36(56)34(54)29(64-42)17-61-31(51)10-5-20-2-7-23(45)26(48)14-20/h2-11,14-16,19,29-30,33-50,53-59H,12-13,17-18H2,1H3. The van der Waals surface area contributed by atoms with E-state index in [0.29, 0.717) is 11.1 Å². The van der Waals surface area contributed by atoms with Crippen molar-refractivity contribution in [3.8, 4) is 34.5 Å².